The van der Waals surface area contributed by atoms with Gasteiger partial charge in [0.25, 0.3) is 5.24 Å². The van der Waals surface area contributed by atoms with E-state index in [1.807, 2.05) is 0 Å². The Kier molecular flexibility index (Phi) is 3.32. The predicted octanol–water partition coefficient (Wildman–Crippen LogP) is 3.28. The summed E-state index contributed by atoms with van der Waals surface area (Å²) in [5.41, 5.74) is 0.621. The van der Waals surface area contributed by atoms with E-state index in [2.05, 4.69) is 21.2 Å². The lowest BCUT2D eigenvalue weighted by atomic mass is 10.2. The van der Waals surface area contributed by atoms with Crippen LogP contribution in [0.2, 0.25) is 0 Å². The quantitative estimate of drug-likeness (QED) is 0.617. The Morgan fingerprint density at radius 3 is 2.88 bits per heavy atom. The molecule has 6 heteroatoms. The standard InChI is InChI=1S/C10H6BrNO2S2/c11-6-1-2-7(13)5(3-6)4-8-9(15)12-10(14)16-8/h1-4,13H,(H,12,14,15). The van der Waals surface area contributed by atoms with Gasteiger partial charge in [-0.15, -0.1) is 0 Å². The second-order valence-electron chi connectivity index (χ2n) is 3.06. The van der Waals surface area contributed by atoms with Crippen molar-refractivity contribution in [1.82, 2.24) is 5.32 Å². The Hall–Kier alpha value is -0.850. The van der Waals surface area contributed by atoms with E-state index in [9.17, 15) is 9.90 Å². The van der Waals surface area contributed by atoms with Gasteiger partial charge in [0.2, 0.25) is 0 Å². The number of nitrogens with one attached hydrogen (secondary N) is 1. The van der Waals surface area contributed by atoms with Crippen molar-refractivity contribution in [2.45, 2.75) is 0 Å². The van der Waals surface area contributed by atoms with E-state index in [0.717, 1.165) is 16.2 Å². The van der Waals surface area contributed by atoms with E-state index >= 15 is 0 Å². The zero-order valence-corrected chi connectivity index (χ0v) is 11.1. The van der Waals surface area contributed by atoms with E-state index in [-0.39, 0.29) is 11.0 Å². The van der Waals surface area contributed by atoms with Crippen LogP contribution in [-0.4, -0.2) is 15.3 Å². The topological polar surface area (TPSA) is 49.3 Å². The Bertz CT molecular complexity index is 514. The number of hydrogen-bond donors (Lipinski definition) is 2. The van der Waals surface area contributed by atoms with Gasteiger partial charge in [0.1, 0.15) is 10.7 Å². The molecule has 0 bridgehead atoms. The van der Waals surface area contributed by atoms with Crippen LogP contribution in [0.5, 0.6) is 5.75 Å². The number of carbonyl (C=O) groups is 1. The highest BCUT2D eigenvalue weighted by atomic mass is 79.9. The Morgan fingerprint density at radius 2 is 2.25 bits per heavy atom. The molecule has 16 heavy (non-hydrogen) atoms. The lowest BCUT2D eigenvalue weighted by Gasteiger charge is -2.00. The highest BCUT2D eigenvalue weighted by molar-refractivity contribution is 9.10. The predicted molar refractivity (Wildman–Crippen MR) is 72.5 cm³/mol. The summed E-state index contributed by atoms with van der Waals surface area (Å²) in [5.74, 6) is 0.151. The third-order valence-corrected chi connectivity index (χ3v) is 3.69. The van der Waals surface area contributed by atoms with Crippen molar-refractivity contribution in [1.29, 1.82) is 0 Å². The van der Waals surface area contributed by atoms with E-state index in [1.165, 1.54) is 0 Å². The minimum absolute atomic E-state index is 0.151. The Labute approximate surface area is 110 Å². The Balaban J connectivity index is 2.39. The molecule has 1 aliphatic heterocycles. The number of amides is 1. The molecule has 2 rings (SSSR count). The van der Waals surface area contributed by atoms with Crippen LogP contribution >= 0.6 is 39.9 Å². The molecule has 0 saturated carbocycles. The fraction of sp³-hybridized carbons (Fsp3) is 0. The third-order valence-electron chi connectivity index (χ3n) is 1.92. The largest absolute Gasteiger partial charge is 0.507 e. The van der Waals surface area contributed by atoms with E-state index in [1.54, 1.807) is 24.3 Å². The van der Waals surface area contributed by atoms with Crippen LogP contribution in [0.25, 0.3) is 6.08 Å². The molecule has 1 saturated heterocycles. The van der Waals surface area contributed by atoms with Crippen molar-refractivity contribution in [2.24, 2.45) is 0 Å². The second kappa shape index (κ2) is 4.57. The van der Waals surface area contributed by atoms with Crippen molar-refractivity contribution in [3.05, 3.63) is 33.1 Å². The lowest BCUT2D eigenvalue weighted by molar-refractivity contribution is 0.265. The number of thioether (sulfide) groups is 1. The highest BCUT2D eigenvalue weighted by Crippen LogP contribution is 2.30. The summed E-state index contributed by atoms with van der Waals surface area (Å²) in [6, 6.07) is 5.07. The minimum atomic E-state index is -0.189. The molecule has 1 fully saturated rings. The molecule has 1 amide bonds. The molecule has 1 aromatic carbocycles. The normalized spacial score (nSPS) is 17.9. The molecule has 1 aliphatic rings. The molecule has 2 N–H and O–H groups in total. The maximum atomic E-state index is 11.1. The number of rotatable bonds is 1. The smallest absolute Gasteiger partial charge is 0.289 e. The fourth-order valence-electron chi connectivity index (χ4n) is 1.20. The van der Waals surface area contributed by atoms with Crippen LogP contribution in [0, 0.1) is 0 Å². The number of aromatic hydroxyl groups is 1. The molecule has 0 aliphatic carbocycles. The number of benzene rings is 1. The first-order valence-corrected chi connectivity index (χ1v) is 6.31. The van der Waals surface area contributed by atoms with Gasteiger partial charge in [-0.2, -0.15) is 0 Å². The van der Waals surface area contributed by atoms with Gasteiger partial charge in [-0.05, 0) is 36.0 Å². The summed E-state index contributed by atoms with van der Waals surface area (Å²) >= 11 is 9.31. The fourth-order valence-corrected chi connectivity index (χ4v) is 2.61. The van der Waals surface area contributed by atoms with Crippen molar-refractivity contribution < 1.29 is 9.90 Å². The first-order valence-electron chi connectivity index (χ1n) is 4.29. The summed E-state index contributed by atoms with van der Waals surface area (Å²) in [6.45, 7) is 0. The number of hydrogen-bond acceptors (Lipinski definition) is 4. The monoisotopic (exact) mass is 315 g/mol. The van der Waals surface area contributed by atoms with Crippen LogP contribution < -0.4 is 5.32 Å². The minimum Gasteiger partial charge on any atom is -0.507 e. The van der Waals surface area contributed by atoms with Crippen molar-refractivity contribution in [3.8, 4) is 5.75 Å². The molecular formula is C10H6BrNO2S2. The molecule has 82 valence electrons. The summed E-state index contributed by atoms with van der Waals surface area (Å²) < 4.78 is 0.852. The van der Waals surface area contributed by atoms with Crippen LogP contribution in [0.1, 0.15) is 5.56 Å². The van der Waals surface area contributed by atoms with Crippen molar-refractivity contribution in [2.75, 3.05) is 0 Å². The highest BCUT2D eigenvalue weighted by Gasteiger charge is 2.21. The molecular weight excluding hydrogens is 310 g/mol. The molecule has 0 radical (unpaired) electrons. The van der Waals surface area contributed by atoms with Crippen LogP contribution in [0.3, 0.4) is 0 Å². The summed E-state index contributed by atoms with van der Waals surface area (Å²) in [7, 11) is 0. The lowest BCUT2D eigenvalue weighted by Crippen LogP contribution is -2.15. The van der Waals surface area contributed by atoms with Crippen LogP contribution in [-0.2, 0) is 0 Å². The zero-order chi connectivity index (χ0) is 11.7. The van der Waals surface area contributed by atoms with Gasteiger partial charge < -0.3 is 10.4 Å². The van der Waals surface area contributed by atoms with E-state index in [0.29, 0.717) is 15.5 Å². The van der Waals surface area contributed by atoms with Gasteiger partial charge in [0.15, 0.2) is 0 Å². The van der Waals surface area contributed by atoms with Gasteiger partial charge >= 0.3 is 0 Å². The molecule has 0 spiro atoms. The molecule has 3 nitrogen and oxygen atoms in total. The first-order chi connectivity index (χ1) is 7.56. The zero-order valence-electron chi connectivity index (χ0n) is 7.86. The summed E-state index contributed by atoms with van der Waals surface area (Å²) in [4.78, 5) is 12.1. The number of phenolic OH excluding ortho intramolecular Hbond substituents is 1. The van der Waals surface area contributed by atoms with Gasteiger partial charge in [-0.25, -0.2) is 0 Å². The van der Waals surface area contributed by atoms with Gasteiger partial charge in [-0.3, -0.25) is 4.79 Å². The molecule has 0 aromatic heterocycles. The van der Waals surface area contributed by atoms with E-state index < -0.39 is 0 Å². The van der Waals surface area contributed by atoms with Gasteiger partial charge in [0, 0.05) is 10.0 Å². The molecule has 1 heterocycles. The average molecular weight is 316 g/mol. The number of halogens is 1. The second-order valence-corrected chi connectivity index (χ2v) is 5.39. The van der Waals surface area contributed by atoms with Crippen LogP contribution in [0.15, 0.2) is 27.6 Å². The number of thiocarbonyl (C=S) groups is 1. The summed E-state index contributed by atoms with van der Waals surface area (Å²) in [5, 5.41) is 12.0. The van der Waals surface area contributed by atoms with Crippen molar-refractivity contribution in [3.63, 3.8) is 0 Å². The maximum Gasteiger partial charge on any atom is 0.289 e. The van der Waals surface area contributed by atoms with Gasteiger partial charge in [0.05, 0.1) is 4.91 Å². The maximum absolute atomic E-state index is 11.1. The van der Waals surface area contributed by atoms with E-state index in [4.69, 9.17) is 12.2 Å². The van der Waals surface area contributed by atoms with Gasteiger partial charge in [-0.1, -0.05) is 28.1 Å². The van der Waals surface area contributed by atoms with Crippen LogP contribution in [0.4, 0.5) is 4.79 Å². The molecule has 0 atom stereocenters. The SMILES string of the molecule is O=C1NC(=S)C(=Cc2cc(Br)ccc2O)S1. The average Bonchev–Trinajstić information content (AvgIpc) is 2.51. The first kappa shape index (κ1) is 11.6. The number of carbonyl (C=O) groups excluding carboxylic acids is 1. The Morgan fingerprint density at radius 1 is 1.50 bits per heavy atom. The third kappa shape index (κ3) is 2.45. The number of phenols is 1. The van der Waals surface area contributed by atoms with Crippen molar-refractivity contribution >= 4 is 56.2 Å². The molecule has 1 aromatic rings. The summed E-state index contributed by atoms with van der Waals surface area (Å²) in [6.07, 6.45) is 1.69. The molecule has 0 unspecified atom stereocenters.